The zero-order chi connectivity index (χ0) is 8.23. The van der Waals surface area contributed by atoms with Gasteiger partial charge in [0.05, 0.1) is 6.20 Å². The molecule has 3 heteroatoms. The van der Waals surface area contributed by atoms with E-state index >= 15 is 0 Å². The summed E-state index contributed by atoms with van der Waals surface area (Å²) in [6, 6.07) is 0. The van der Waals surface area contributed by atoms with Gasteiger partial charge in [0.2, 0.25) is 0 Å². The van der Waals surface area contributed by atoms with Gasteiger partial charge in [-0.1, -0.05) is 17.5 Å². The SMILES string of the molecule is C1=CN=C(N2CCCCC2)SC=1. The van der Waals surface area contributed by atoms with Crippen molar-refractivity contribution in [1.29, 1.82) is 0 Å². The molecule has 0 amide bonds. The Bertz CT molecular complexity index is 245. The van der Waals surface area contributed by atoms with Crippen molar-refractivity contribution in [2.24, 2.45) is 4.99 Å². The van der Waals surface area contributed by atoms with Crippen molar-refractivity contribution in [2.75, 3.05) is 13.1 Å². The minimum Gasteiger partial charge on any atom is -0.351 e. The molecule has 0 saturated carbocycles. The molecule has 2 nitrogen and oxygen atoms in total. The minimum absolute atomic E-state index is 1.15. The Labute approximate surface area is 77.0 Å². The highest BCUT2D eigenvalue weighted by Crippen LogP contribution is 2.18. The number of aliphatic imine (C=N–C) groups is 1. The van der Waals surface area contributed by atoms with Gasteiger partial charge in [0.1, 0.15) is 0 Å². The summed E-state index contributed by atoms with van der Waals surface area (Å²) in [6.45, 7) is 2.35. The van der Waals surface area contributed by atoms with E-state index in [1.54, 1.807) is 18.0 Å². The highest BCUT2D eigenvalue weighted by molar-refractivity contribution is 8.16. The second-order valence-electron chi connectivity index (χ2n) is 2.99. The summed E-state index contributed by atoms with van der Waals surface area (Å²) < 4.78 is 0. The minimum atomic E-state index is 1.15. The fourth-order valence-electron chi connectivity index (χ4n) is 1.48. The smallest absolute Gasteiger partial charge is 0.169 e. The number of rotatable bonds is 0. The van der Waals surface area contributed by atoms with E-state index in [1.165, 1.54) is 32.4 Å². The van der Waals surface area contributed by atoms with Crippen molar-refractivity contribution in [1.82, 2.24) is 4.90 Å². The van der Waals surface area contributed by atoms with Gasteiger partial charge >= 0.3 is 0 Å². The van der Waals surface area contributed by atoms with Crippen molar-refractivity contribution in [2.45, 2.75) is 19.3 Å². The largest absolute Gasteiger partial charge is 0.351 e. The summed E-state index contributed by atoms with van der Waals surface area (Å²) in [5.41, 5.74) is 2.95. The highest BCUT2D eigenvalue weighted by atomic mass is 32.2. The first-order valence-corrected chi connectivity index (χ1v) is 5.23. The summed E-state index contributed by atoms with van der Waals surface area (Å²) in [5, 5.41) is 3.12. The fourth-order valence-corrected chi connectivity index (χ4v) is 2.16. The molecule has 0 N–H and O–H groups in total. The molecular weight excluding hydrogens is 168 g/mol. The average Bonchev–Trinajstić information content (AvgIpc) is 2.21. The summed E-state index contributed by atoms with van der Waals surface area (Å²) in [5.74, 6) is 0. The number of hydrogen-bond acceptors (Lipinski definition) is 3. The van der Waals surface area contributed by atoms with Gasteiger partial charge in [-0.3, -0.25) is 0 Å². The Balaban J connectivity index is 1.99. The maximum absolute atomic E-state index is 4.29. The molecule has 2 rings (SSSR count). The first kappa shape index (κ1) is 7.96. The first-order chi connectivity index (χ1) is 5.97. The average molecular weight is 180 g/mol. The molecule has 12 heavy (non-hydrogen) atoms. The van der Waals surface area contributed by atoms with E-state index < -0.39 is 0 Å². The van der Waals surface area contributed by atoms with Crippen molar-refractivity contribution in [3.05, 3.63) is 17.3 Å². The predicted molar refractivity (Wildman–Crippen MR) is 53.1 cm³/mol. The number of nitrogens with zero attached hydrogens (tertiary/aromatic N) is 2. The first-order valence-electron chi connectivity index (χ1n) is 4.36. The number of hydrogen-bond donors (Lipinski definition) is 0. The number of amidine groups is 1. The van der Waals surface area contributed by atoms with E-state index in [-0.39, 0.29) is 0 Å². The molecule has 0 aromatic rings. The second-order valence-corrected chi connectivity index (χ2v) is 3.83. The summed E-state index contributed by atoms with van der Waals surface area (Å²) in [4.78, 5) is 6.65. The third-order valence-corrected chi connectivity index (χ3v) is 2.94. The molecule has 1 saturated heterocycles. The Morgan fingerprint density at radius 2 is 2.17 bits per heavy atom. The lowest BCUT2D eigenvalue weighted by Gasteiger charge is -2.28. The maximum atomic E-state index is 4.29. The normalized spacial score (nSPS) is 22.7. The van der Waals surface area contributed by atoms with Gasteiger partial charge < -0.3 is 4.90 Å². The van der Waals surface area contributed by atoms with Crippen LogP contribution in [0.15, 0.2) is 22.3 Å². The molecule has 64 valence electrons. The molecule has 1 fully saturated rings. The van der Waals surface area contributed by atoms with Crippen molar-refractivity contribution < 1.29 is 0 Å². The molecule has 0 unspecified atom stereocenters. The van der Waals surface area contributed by atoms with Gasteiger partial charge in [-0.25, -0.2) is 4.99 Å². The Kier molecular flexibility index (Phi) is 2.54. The highest BCUT2D eigenvalue weighted by Gasteiger charge is 2.14. The number of likely N-dealkylation sites (tertiary alicyclic amines) is 1. The Hall–Kier alpha value is -0.660. The molecule has 0 spiro atoms. The van der Waals surface area contributed by atoms with Gasteiger partial charge in [0.15, 0.2) is 5.17 Å². The lowest BCUT2D eigenvalue weighted by Crippen LogP contribution is -2.33. The van der Waals surface area contributed by atoms with E-state index in [4.69, 9.17) is 0 Å². The molecule has 0 aromatic heterocycles. The molecule has 0 atom stereocenters. The number of piperidine rings is 1. The van der Waals surface area contributed by atoms with Crippen molar-refractivity contribution in [3.8, 4) is 0 Å². The van der Waals surface area contributed by atoms with E-state index in [9.17, 15) is 0 Å². The lowest BCUT2D eigenvalue weighted by atomic mass is 10.1. The monoisotopic (exact) mass is 180 g/mol. The molecule has 2 heterocycles. The van der Waals surface area contributed by atoms with Gasteiger partial charge in [0.25, 0.3) is 0 Å². The van der Waals surface area contributed by atoms with Crippen LogP contribution in [0.4, 0.5) is 0 Å². The van der Waals surface area contributed by atoms with Crippen molar-refractivity contribution >= 4 is 16.9 Å². The maximum Gasteiger partial charge on any atom is 0.169 e. The third kappa shape index (κ3) is 1.74. The van der Waals surface area contributed by atoms with Crippen LogP contribution in [0.25, 0.3) is 0 Å². The second kappa shape index (κ2) is 3.83. The van der Waals surface area contributed by atoms with Gasteiger partial charge in [-0.2, -0.15) is 0 Å². The molecule has 2 aliphatic rings. The summed E-state index contributed by atoms with van der Waals surface area (Å²) in [6.07, 6.45) is 5.75. The zero-order valence-electron chi connectivity index (χ0n) is 6.99. The molecule has 0 radical (unpaired) electrons. The standard InChI is InChI=1S/C9H12N2S/c1-2-6-11(7-3-1)9-10-5-4-8-12-9/h5,8H,1-3,6-7H2. The molecule has 0 aromatic carbocycles. The summed E-state index contributed by atoms with van der Waals surface area (Å²) >= 11 is 1.68. The van der Waals surface area contributed by atoms with Crippen LogP contribution in [0.2, 0.25) is 0 Å². The van der Waals surface area contributed by atoms with E-state index in [2.05, 4.69) is 15.6 Å². The van der Waals surface area contributed by atoms with Crippen LogP contribution >= 0.6 is 11.8 Å². The lowest BCUT2D eigenvalue weighted by molar-refractivity contribution is 0.348. The third-order valence-electron chi connectivity index (χ3n) is 2.11. The van der Waals surface area contributed by atoms with Crippen molar-refractivity contribution in [3.63, 3.8) is 0 Å². The van der Waals surface area contributed by atoms with Gasteiger partial charge in [0, 0.05) is 18.5 Å². The van der Waals surface area contributed by atoms with Crippen LogP contribution in [0.5, 0.6) is 0 Å². The van der Waals surface area contributed by atoms with Crippen LogP contribution in [0.3, 0.4) is 0 Å². The van der Waals surface area contributed by atoms with Crippen LogP contribution in [-0.4, -0.2) is 23.2 Å². The van der Waals surface area contributed by atoms with E-state index in [1.807, 2.05) is 5.41 Å². The predicted octanol–water partition coefficient (Wildman–Crippen LogP) is 2.20. The van der Waals surface area contributed by atoms with Crippen LogP contribution in [-0.2, 0) is 0 Å². The topological polar surface area (TPSA) is 15.6 Å². The quantitative estimate of drug-likeness (QED) is 0.531. The van der Waals surface area contributed by atoms with E-state index in [0.29, 0.717) is 0 Å². The molecular formula is C9H12N2S. The van der Waals surface area contributed by atoms with Crippen LogP contribution in [0, 0.1) is 0 Å². The summed E-state index contributed by atoms with van der Waals surface area (Å²) in [7, 11) is 0. The van der Waals surface area contributed by atoms with Gasteiger partial charge in [-0.05, 0) is 19.3 Å². The number of thioether (sulfide) groups is 1. The molecule has 0 aliphatic carbocycles. The van der Waals surface area contributed by atoms with Crippen LogP contribution < -0.4 is 0 Å². The Morgan fingerprint density at radius 3 is 2.83 bits per heavy atom. The fraction of sp³-hybridized carbons (Fsp3) is 0.556. The Morgan fingerprint density at radius 1 is 1.33 bits per heavy atom. The van der Waals surface area contributed by atoms with E-state index in [0.717, 1.165) is 5.17 Å². The van der Waals surface area contributed by atoms with Crippen LogP contribution in [0.1, 0.15) is 19.3 Å². The zero-order valence-corrected chi connectivity index (χ0v) is 7.81. The molecule has 2 aliphatic heterocycles. The molecule has 0 bridgehead atoms. The van der Waals surface area contributed by atoms with Gasteiger partial charge in [-0.15, -0.1) is 0 Å².